The van der Waals surface area contributed by atoms with Crippen LogP contribution >= 0.6 is 0 Å². The molecule has 0 saturated carbocycles. The van der Waals surface area contributed by atoms with Crippen molar-refractivity contribution in [3.8, 4) is 0 Å². The summed E-state index contributed by atoms with van der Waals surface area (Å²) in [4.78, 5) is 64.2. The highest BCUT2D eigenvalue weighted by molar-refractivity contribution is 5.94. The van der Waals surface area contributed by atoms with Crippen molar-refractivity contribution < 1.29 is 29.1 Å². The van der Waals surface area contributed by atoms with E-state index in [0.717, 1.165) is 16.5 Å². The lowest BCUT2D eigenvalue weighted by Gasteiger charge is -2.24. The van der Waals surface area contributed by atoms with Gasteiger partial charge in [-0.25, -0.2) is 4.79 Å². The van der Waals surface area contributed by atoms with Gasteiger partial charge in [-0.1, -0.05) is 18.2 Å². The van der Waals surface area contributed by atoms with Gasteiger partial charge in [-0.15, -0.1) is 0 Å². The predicted molar refractivity (Wildman–Crippen MR) is 140 cm³/mol. The molecule has 4 atom stereocenters. The number of carbonyl (C=O) groups excluding carboxylic acids is 4. The molecule has 1 aromatic heterocycles. The first-order valence-electron chi connectivity index (χ1n) is 12.5. The van der Waals surface area contributed by atoms with E-state index in [1.165, 1.54) is 6.92 Å². The van der Waals surface area contributed by atoms with Crippen LogP contribution in [0, 0.1) is 0 Å². The van der Waals surface area contributed by atoms with Crippen LogP contribution in [0.4, 0.5) is 0 Å². The number of hydrogen-bond donors (Lipinski definition) is 8. The first-order chi connectivity index (χ1) is 18.0. The Bertz CT molecular complexity index is 1130. The van der Waals surface area contributed by atoms with Gasteiger partial charge in [0.25, 0.3) is 0 Å². The number of aromatic amines is 1. The molecule has 0 bridgehead atoms. The number of aliphatic carboxylic acids is 1. The van der Waals surface area contributed by atoms with Crippen molar-refractivity contribution in [2.45, 2.75) is 69.6 Å². The normalized spacial score (nSPS) is 14.2. The number of H-pyrrole nitrogens is 1. The van der Waals surface area contributed by atoms with Crippen molar-refractivity contribution in [1.29, 1.82) is 0 Å². The van der Waals surface area contributed by atoms with E-state index in [1.807, 2.05) is 24.3 Å². The van der Waals surface area contributed by atoms with Crippen molar-refractivity contribution in [1.82, 2.24) is 20.9 Å². The number of nitrogens with one attached hydrogen (secondary N) is 4. The Kier molecular flexibility index (Phi) is 11.7. The standard InChI is InChI=1S/C25H37N7O6/c1-14(30-23(35)17(27)9-10-21(28)33)22(34)32-20(12-15-13-29-18-7-3-2-6-16(15)18)24(36)31-19(25(37)38)8-4-5-11-26/h2-3,6-7,13-14,17,19-20,29H,4-5,8-12,26-27H2,1H3,(H2,28,33)(H,30,35)(H,31,36)(H,32,34)(H,37,38). The third-order valence-corrected chi connectivity index (χ3v) is 6.08. The Balaban J connectivity index is 2.17. The lowest BCUT2D eigenvalue weighted by Crippen LogP contribution is -2.57. The summed E-state index contributed by atoms with van der Waals surface area (Å²) in [6.45, 7) is 1.82. The topological polar surface area (TPSA) is 236 Å². The molecule has 0 fully saturated rings. The summed E-state index contributed by atoms with van der Waals surface area (Å²) in [5.74, 6) is -3.81. The van der Waals surface area contributed by atoms with Gasteiger partial charge in [-0.05, 0) is 50.8 Å². The zero-order valence-electron chi connectivity index (χ0n) is 21.4. The number of amides is 4. The minimum Gasteiger partial charge on any atom is -0.480 e. The van der Waals surface area contributed by atoms with Gasteiger partial charge in [0.05, 0.1) is 6.04 Å². The molecule has 1 heterocycles. The Morgan fingerprint density at radius 3 is 2.29 bits per heavy atom. The molecule has 38 heavy (non-hydrogen) atoms. The monoisotopic (exact) mass is 531 g/mol. The summed E-state index contributed by atoms with van der Waals surface area (Å²) in [6.07, 6.45) is 3.01. The van der Waals surface area contributed by atoms with E-state index in [4.69, 9.17) is 17.2 Å². The number of fused-ring (bicyclic) bond motifs is 1. The number of para-hydroxylation sites is 1. The second-order valence-corrected chi connectivity index (χ2v) is 9.15. The highest BCUT2D eigenvalue weighted by Crippen LogP contribution is 2.19. The average molecular weight is 532 g/mol. The van der Waals surface area contributed by atoms with Crippen LogP contribution in [0.5, 0.6) is 0 Å². The molecule has 0 aliphatic carbocycles. The van der Waals surface area contributed by atoms with Gasteiger partial charge < -0.3 is 43.2 Å². The minimum absolute atomic E-state index is 0.0157. The molecule has 4 amide bonds. The first kappa shape index (κ1) is 30.3. The van der Waals surface area contributed by atoms with E-state index in [-0.39, 0.29) is 25.7 Å². The zero-order chi connectivity index (χ0) is 28.2. The molecule has 13 nitrogen and oxygen atoms in total. The highest BCUT2D eigenvalue weighted by atomic mass is 16.4. The second kappa shape index (κ2) is 14.7. The van der Waals surface area contributed by atoms with Crippen molar-refractivity contribution in [3.05, 3.63) is 36.0 Å². The number of unbranched alkanes of at least 4 members (excludes halogenated alkanes) is 1. The number of hydrogen-bond acceptors (Lipinski definition) is 7. The van der Waals surface area contributed by atoms with Gasteiger partial charge in [0.1, 0.15) is 18.1 Å². The summed E-state index contributed by atoms with van der Waals surface area (Å²) in [7, 11) is 0. The number of carbonyl (C=O) groups is 5. The highest BCUT2D eigenvalue weighted by Gasteiger charge is 2.29. The Morgan fingerprint density at radius 2 is 1.63 bits per heavy atom. The van der Waals surface area contributed by atoms with Crippen LogP contribution in [0.15, 0.2) is 30.5 Å². The zero-order valence-corrected chi connectivity index (χ0v) is 21.4. The van der Waals surface area contributed by atoms with Gasteiger partial charge >= 0.3 is 5.97 Å². The van der Waals surface area contributed by atoms with E-state index >= 15 is 0 Å². The van der Waals surface area contributed by atoms with Crippen LogP contribution in [-0.2, 0) is 30.4 Å². The van der Waals surface area contributed by atoms with Gasteiger partial charge in [-0.3, -0.25) is 19.2 Å². The maximum absolute atomic E-state index is 13.2. The van der Waals surface area contributed by atoms with Gasteiger partial charge in [0.15, 0.2) is 0 Å². The summed E-state index contributed by atoms with van der Waals surface area (Å²) in [5, 5.41) is 18.0. The molecule has 0 aliphatic heterocycles. The Labute approximate surface area is 220 Å². The van der Waals surface area contributed by atoms with E-state index in [1.54, 1.807) is 6.20 Å². The van der Waals surface area contributed by atoms with Crippen molar-refractivity contribution in [2.24, 2.45) is 17.2 Å². The number of rotatable bonds is 16. The van der Waals surface area contributed by atoms with Gasteiger partial charge in [0.2, 0.25) is 23.6 Å². The van der Waals surface area contributed by atoms with Crippen LogP contribution in [0.1, 0.15) is 44.6 Å². The lowest BCUT2D eigenvalue weighted by atomic mass is 10.0. The predicted octanol–water partition coefficient (Wildman–Crippen LogP) is -1.01. The number of nitrogens with two attached hydrogens (primary N) is 3. The molecular formula is C25H37N7O6. The van der Waals surface area contributed by atoms with E-state index in [0.29, 0.717) is 19.4 Å². The second-order valence-electron chi connectivity index (χ2n) is 9.15. The number of primary amides is 1. The lowest BCUT2D eigenvalue weighted by molar-refractivity contribution is -0.142. The fourth-order valence-corrected chi connectivity index (χ4v) is 3.86. The number of carboxylic acid groups (broad SMARTS) is 1. The Hall–Kier alpha value is -3.97. The van der Waals surface area contributed by atoms with Crippen molar-refractivity contribution in [3.63, 3.8) is 0 Å². The minimum atomic E-state index is -1.20. The quantitative estimate of drug-likeness (QED) is 0.125. The summed E-state index contributed by atoms with van der Waals surface area (Å²) in [6, 6.07) is 3.01. The maximum Gasteiger partial charge on any atom is 0.326 e. The third-order valence-electron chi connectivity index (χ3n) is 6.08. The van der Waals surface area contributed by atoms with Crippen LogP contribution in [0.25, 0.3) is 10.9 Å². The molecule has 13 heteroatoms. The number of carboxylic acids is 1. The molecule has 4 unspecified atom stereocenters. The summed E-state index contributed by atoms with van der Waals surface area (Å²) >= 11 is 0. The molecule has 2 rings (SSSR count). The molecule has 0 saturated heterocycles. The van der Waals surface area contributed by atoms with E-state index in [9.17, 15) is 29.1 Å². The smallest absolute Gasteiger partial charge is 0.326 e. The largest absolute Gasteiger partial charge is 0.480 e. The van der Waals surface area contributed by atoms with Gasteiger partial charge in [-0.2, -0.15) is 0 Å². The summed E-state index contributed by atoms with van der Waals surface area (Å²) < 4.78 is 0. The van der Waals surface area contributed by atoms with Crippen LogP contribution in [-0.4, -0.2) is 70.4 Å². The Morgan fingerprint density at radius 1 is 0.947 bits per heavy atom. The van der Waals surface area contributed by atoms with Crippen molar-refractivity contribution in [2.75, 3.05) is 6.54 Å². The molecule has 11 N–H and O–H groups in total. The van der Waals surface area contributed by atoms with Crippen LogP contribution in [0.2, 0.25) is 0 Å². The molecule has 0 radical (unpaired) electrons. The fourth-order valence-electron chi connectivity index (χ4n) is 3.86. The van der Waals surface area contributed by atoms with E-state index < -0.39 is 53.8 Å². The molecule has 0 spiro atoms. The first-order valence-corrected chi connectivity index (χ1v) is 12.5. The van der Waals surface area contributed by atoms with Crippen LogP contribution < -0.4 is 33.2 Å². The molecule has 1 aromatic carbocycles. The van der Waals surface area contributed by atoms with Gasteiger partial charge in [0, 0.05) is 29.9 Å². The van der Waals surface area contributed by atoms with Crippen molar-refractivity contribution >= 4 is 40.5 Å². The molecule has 2 aromatic rings. The fraction of sp³-hybridized carbons (Fsp3) is 0.480. The third kappa shape index (κ3) is 9.16. The van der Waals surface area contributed by atoms with Crippen LogP contribution in [0.3, 0.4) is 0 Å². The molecule has 0 aliphatic rings. The maximum atomic E-state index is 13.2. The van der Waals surface area contributed by atoms with E-state index in [2.05, 4.69) is 20.9 Å². The summed E-state index contributed by atoms with van der Waals surface area (Å²) in [5.41, 5.74) is 17.9. The average Bonchev–Trinajstić information content (AvgIpc) is 3.28. The SMILES string of the molecule is CC(NC(=O)C(N)CCC(N)=O)C(=O)NC(Cc1c[nH]c2ccccc12)C(=O)NC(CCCCN)C(=O)O. The molecular weight excluding hydrogens is 494 g/mol. The number of benzene rings is 1. The number of aromatic nitrogens is 1. The molecule has 208 valence electrons.